The Morgan fingerprint density at radius 1 is 1.35 bits per heavy atom. The number of amides is 1. The highest BCUT2D eigenvalue weighted by Crippen LogP contribution is 2.05. The van der Waals surface area contributed by atoms with Crippen LogP contribution in [0.15, 0.2) is 6.33 Å². The van der Waals surface area contributed by atoms with E-state index in [1.54, 1.807) is 7.11 Å². The van der Waals surface area contributed by atoms with Gasteiger partial charge in [-0.05, 0) is 0 Å². The predicted molar refractivity (Wildman–Crippen MR) is 70.9 cm³/mol. The zero-order valence-electron chi connectivity index (χ0n) is 11.7. The molecule has 1 aliphatic rings. The monoisotopic (exact) mass is 283 g/mol. The van der Waals surface area contributed by atoms with Crippen LogP contribution >= 0.6 is 0 Å². The number of aromatic nitrogens is 3. The second kappa shape index (κ2) is 7.93. The third-order valence-corrected chi connectivity index (χ3v) is 3.22. The molecule has 0 unspecified atom stereocenters. The van der Waals surface area contributed by atoms with Crippen molar-refractivity contribution in [3.05, 3.63) is 12.2 Å². The van der Waals surface area contributed by atoms with E-state index in [0.717, 1.165) is 38.5 Å². The van der Waals surface area contributed by atoms with Crippen LogP contribution in [0, 0.1) is 0 Å². The average molecular weight is 283 g/mol. The largest absolute Gasteiger partial charge is 0.382 e. The molecular formula is C12H21N5O3. The van der Waals surface area contributed by atoms with Crippen LogP contribution in [0.2, 0.25) is 0 Å². The second-order valence-electron chi connectivity index (χ2n) is 4.63. The summed E-state index contributed by atoms with van der Waals surface area (Å²) in [5, 5.41) is 6.67. The SMILES string of the molecule is COCCOCC(=O)N1CCN(Cc2ncn[nH]2)CC1. The van der Waals surface area contributed by atoms with Gasteiger partial charge in [-0.3, -0.25) is 14.8 Å². The summed E-state index contributed by atoms with van der Waals surface area (Å²) in [5.41, 5.74) is 0. The lowest BCUT2D eigenvalue weighted by Gasteiger charge is -2.34. The van der Waals surface area contributed by atoms with E-state index in [4.69, 9.17) is 9.47 Å². The summed E-state index contributed by atoms with van der Waals surface area (Å²) < 4.78 is 10.1. The molecule has 0 aliphatic carbocycles. The molecular weight excluding hydrogens is 262 g/mol. The minimum atomic E-state index is 0.0421. The lowest BCUT2D eigenvalue weighted by atomic mass is 10.3. The highest BCUT2D eigenvalue weighted by Gasteiger charge is 2.21. The molecule has 2 rings (SSSR count). The number of rotatable bonds is 7. The number of nitrogens with zero attached hydrogens (tertiary/aromatic N) is 4. The second-order valence-corrected chi connectivity index (χ2v) is 4.63. The Morgan fingerprint density at radius 2 is 2.15 bits per heavy atom. The fourth-order valence-corrected chi connectivity index (χ4v) is 2.07. The van der Waals surface area contributed by atoms with Gasteiger partial charge in [0, 0.05) is 33.3 Å². The van der Waals surface area contributed by atoms with E-state index in [0.29, 0.717) is 13.2 Å². The van der Waals surface area contributed by atoms with Crippen LogP contribution in [0.3, 0.4) is 0 Å². The molecule has 1 saturated heterocycles. The molecule has 0 radical (unpaired) electrons. The summed E-state index contributed by atoms with van der Waals surface area (Å²) in [4.78, 5) is 20.1. The molecule has 2 heterocycles. The van der Waals surface area contributed by atoms with Crippen molar-refractivity contribution >= 4 is 5.91 Å². The Balaban J connectivity index is 1.64. The van der Waals surface area contributed by atoms with Gasteiger partial charge in [0.2, 0.25) is 5.91 Å². The van der Waals surface area contributed by atoms with Gasteiger partial charge in [0.1, 0.15) is 18.8 Å². The Labute approximate surface area is 118 Å². The van der Waals surface area contributed by atoms with E-state index in [1.165, 1.54) is 6.33 Å². The molecule has 8 nitrogen and oxygen atoms in total. The van der Waals surface area contributed by atoms with Crippen molar-refractivity contribution in [3.8, 4) is 0 Å². The van der Waals surface area contributed by atoms with Gasteiger partial charge in [0.25, 0.3) is 0 Å². The summed E-state index contributed by atoms with van der Waals surface area (Å²) in [6.07, 6.45) is 1.51. The lowest BCUT2D eigenvalue weighted by molar-refractivity contribution is -0.138. The molecule has 1 amide bonds. The number of hydrogen-bond donors (Lipinski definition) is 1. The smallest absolute Gasteiger partial charge is 0.248 e. The summed E-state index contributed by atoms with van der Waals surface area (Å²) in [6.45, 7) is 4.96. The van der Waals surface area contributed by atoms with Crippen molar-refractivity contribution in [1.82, 2.24) is 25.0 Å². The van der Waals surface area contributed by atoms with Gasteiger partial charge in [0.05, 0.1) is 19.8 Å². The molecule has 0 aromatic carbocycles. The number of ether oxygens (including phenoxy) is 2. The highest BCUT2D eigenvalue weighted by atomic mass is 16.5. The number of H-pyrrole nitrogens is 1. The Kier molecular flexibility index (Phi) is 5.90. The van der Waals surface area contributed by atoms with E-state index in [-0.39, 0.29) is 12.5 Å². The van der Waals surface area contributed by atoms with Gasteiger partial charge >= 0.3 is 0 Å². The Hall–Kier alpha value is -1.51. The normalized spacial score (nSPS) is 16.6. The van der Waals surface area contributed by atoms with Crippen LogP contribution in [0.4, 0.5) is 0 Å². The van der Waals surface area contributed by atoms with E-state index in [2.05, 4.69) is 20.1 Å². The minimum Gasteiger partial charge on any atom is -0.382 e. The van der Waals surface area contributed by atoms with Crippen molar-refractivity contribution in [1.29, 1.82) is 0 Å². The fourth-order valence-electron chi connectivity index (χ4n) is 2.07. The summed E-state index contributed by atoms with van der Waals surface area (Å²) >= 11 is 0. The molecule has 1 aromatic rings. The zero-order valence-corrected chi connectivity index (χ0v) is 11.7. The molecule has 0 bridgehead atoms. The van der Waals surface area contributed by atoms with Gasteiger partial charge in [-0.1, -0.05) is 0 Å². The van der Waals surface area contributed by atoms with Crippen LogP contribution < -0.4 is 0 Å². The summed E-state index contributed by atoms with van der Waals surface area (Å²) in [6, 6.07) is 0. The third kappa shape index (κ3) is 4.55. The minimum absolute atomic E-state index is 0.0421. The fraction of sp³-hybridized carbons (Fsp3) is 0.750. The molecule has 0 saturated carbocycles. The zero-order chi connectivity index (χ0) is 14.2. The van der Waals surface area contributed by atoms with Gasteiger partial charge in [-0.25, -0.2) is 4.98 Å². The van der Waals surface area contributed by atoms with Crippen LogP contribution in [0.25, 0.3) is 0 Å². The average Bonchev–Trinajstić information content (AvgIpc) is 2.97. The maximum Gasteiger partial charge on any atom is 0.248 e. The van der Waals surface area contributed by atoms with E-state index in [1.807, 2.05) is 4.90 Å². The number of carbonyl (C=O) groups is 1. The van der Waals surface area contributed by atoms with E-state index in [9.17, 15) is 4.79 Å². The number of aromatic amines is 1. The number of piperazine rings is 1. The number of carbonyl (C=O) groups excluding carboxylic acids is 1. The molecule has 1 aromatic heterocycles. The predicted octanol–water partition coefficient (Wildman–Crippen LogP) is -0.888. The van der Waals surface area contributed by atoms with Gasteiger partial charge in [-0.2, -0.15) is 5.10 Å². The molecule has 0 spiro atoms. The number of methoxy groups -OCH3 is 1. The van der Waals surface area contributed by atoms with Crippen molar-refractivity contribution in [3.63, 3.8) is 0 Å². The molecule has 1 fully saturated rings. The maximum absolute atomic E-state index is 11.9. The van der Waals surface area contributed by atoms with Crippen LogP contribution in [-0.4, -0.2) is 84.0 Å². The van der Waals surface area contributed by atoms with Crippen LogP contribution in [0.1, 0.15) is 5.82 Å². The summed E-state index contributed by atoms with van der Waals surface area (Å²) in [5.74, 6) is 0.896. The van der Waals surface area contributed by atoms with Crippen molar-refractivity contribution in [2.75, 3.05) is 53.1 Å². The van der Waals surface area contributed by atoms with E-state index >= 15 is 0 Å². The maximum atomic E-state index is 11.9. The first-order chi connectivity index (χ1) is 9.79. The Bertz CT molecular complexity index is 390. The highest BCUT2D eigenvalue weighted by molar-refractivity contribution is 5.77. The summed E-state index contributed by atoms with van der Waals surface area (Å²) in [7, 11) is 1.61. The van der Waals surface area contributed by atoms with Crippen LogP contribution in [-0.2, 0) is 20.8 Å². The first kappa shape index (κ1) is 14.9. The van der Waals surface area contributed by atoms with Gasteiger partial charge < -0.3 is 14.4 Å². The van der Waals surface area contributed by atoms with Crippen molar-refractivity contribution in [2.24, 2.45) is 0 Å². The topological polar surface area (TPSA) is 83.6 Å². The molecule has 1 aliphatic heterocycles. The lowest BCUT2D eigenvalue weighted by Crippen LogP contribution is -2.49. The van der Waals surface area contributed by atoms with Gasteiger partial charge in [0.15, 0.2) is 0 Å². The molecule has 112 valence electrons. The van der Waals surface area contributed by atoms with Crippen LogP contribution in [0.5, 0.6) is 0 Å². The first-order valence-corrected chi connectivity index (χ1v) is 6.70. The molecule has 1 N–H and O–H groups in total. The molecule has 20 heavy (non-hydrogen) atoms. The molecule has 8 heteroatoms. The standard InChI is InChI=1S/C12H21N5O3/c1-19-6-7-20-9-12(18)17-4-2-16(3-5-17)8-11-13-10-14-15-11/h10H,2-9H2,1H3,(H,13,14,15). The Morgan fingerprint density at radius 3 is 2.80 bits per heavy atom. The van der Waals surface area contributed by atoms with E-state index < -0.39 is 0 Å². The number of hydrogen-bond acceptors (Lipinski definition) is 6. The first-order valence-electron chi connectivity index (χ1n) is 6.70. The quantitative estimate of drug-likeness (QED) is 0.654. The number of nitrogens with one attached hydrogen (secondary N) is 1. The van der Waals surface area contributed by atoms with Gasteiger partial charge in [-0.15, -0.1) is 0 Å². The van der Waals surface area contributed by atoms with Crippen molar-refractivity contribution < 1.29 is 14.3 Å². The molecule has 0 atom stereocenters. The van der Waals surface area contributed by atoms with Crippen molar-refractivity contribution in [2.45, 2.75) is 6.54 Å². The third-order valence-electron chi connectivity index (χ3n) is 3.22.